The van der Waals surface area contributed by atoms with Gasteiger partial charge in [-0.05, 0) is 24.3 Å². The number of aromatic nitrogens is 2. The van der Waals surface area contributed by atoms with E-state index < -0.39 is 6.61 Å². The maximum atomic E-state index is 11.9. The number of aryl methyl sites for hydroxylation is 1. The fourth-order valence-electron chi connectivity index (χ4n) is 1.34. The van der Waals surface area contributed by atoms with Gasteiger partial charge >= 0.3 is 6.61 Å². The molecule has 2 rings (SSSR count). The third kappa shape index (κ3) is 3.41. The maximum absolute atomic E-state index is 11.9. The van der Waals surface area contributed by atoms with Crippen LogP contribution in [0, 0.1) is 6.92 Å². The van der Waals surface area contributed by atoms with Crippen molar-refractivity contribution in [1.82, 2.24) is 10.2 Å². The Bertz CT molecular complexity index is 499. The number of nitrogens with zero attached hydrogens (tertiary/aromatic N) is 2. The Hall–Kier alpha value is -2.18. The van der Waals surface area contributed by atoms with Gasteiger partial charge in [-0.25, -0.2) is 0 Å². The summed E-state index contributed by atoms with van der Waals surface area (Å²) in [5, 5.41) is 10.5. The van der Waals surface area contributed by atoms with Crippen LogP contribution < -0.4 is 10.1 Å². The summed E-state index contributed by atoms with van der Waals surface area (Å²) in [6, 6.07) is 6.16. The quantitative estimate of drug-likeness (QED) is 0.889. The highest BCUT2D eigenvalue weighted by molar-refractivity contribution is 5.46. The van der Waals surface area contributed by atoms with E-state index in [1.165, 1.54) is 12.1 Å². The molecule has 0 aliphatic heterocycles. The predicted molar refractivity (Wildman–Crippen MR) is 59.4 cm³/mol. The van der Waals surface area contributed by atoms with Crippen molar-refractivity contribution < 1.29 is 17.9 Å². The van der Waals surface area contributed by atoms with Crippen molar-refractivity contribution in [3.05, 3.63) is 36.0 Å². The highest BCUT2D eigenvalue weighted by Gasteiger charge is 2.04. The van der Waals surface area contributed by atoms with Crippen LogP contribution in [-0.2, 0) is 6.54 Å². The number of nitrogens with one attached hydrogen (secondary N) is 1. The summed E-state index contributed by atoms with van der Waals surface area (Å²) in [5.41, 5.74) is 0.743. The smallest absolute Gasteiger partial charge is 0.387 e. The van der Waals surface area contributed by atoms with Crippen molar-refractivity contribution in [3.63, 3.8) is 0 Å². The lowest BCUT2D eigenvalue weighted by atomic mass is 10.3. The number of hydrogen-bond donors (Lipinski definition) is 1. The second-order valence-electron chi connectivity index (χ2n) is 3.47. The molecule has 2 aromatic rings. The molecule has 1 heterocycles. The number of halogens is 2. The van der Waals surface area contributed by atoms with E-state index >= 15 is 0 Å². The number of rotatable bonds is 5. The van der Waals surface area contributed by atoms with E-state index in [0.29, 0.717) is 18.3 Å². The lowest BCUT2D eigenvalue weighted by molar-refractivity contribution is -0.0498. The van der Waals surface area contributed by atoms with E-state index in [-0.39, 0.29) is 5.75 Å². The third-order valence-corrected chi connectivity index (χ3v) is 2.09. The molecule has 0 radical (unpaired) electrons. The van der Waals surface area contributed by atoms with E-state index in [1.807, 2.05) is 0 Å². The van der Waals surface area contributed by atoms with E-state index in [2.05, 4.69) is 20.3 Å². The molecule has 5 nitrogen and oxygen atoms in total. The summed E-state index contributed by atoms with van der Waals surface area (Å²) < 4.78 is 33.3. The zero-order valence-electron chi connectivity index (χ0n) is 9.56. The second-order valence-corrected chi connectivity index (χ2v) is 3.47. The molecular weight excluding hydrogens is 244 g/mol. The molecule has 0 saturated heterocycles. The van der Waals surface area contributed by atoms with Crippen molar-refractivity contribution >= 4 is 5.69 Å². The van der Waals surface area contributed by atoms with Gasteiger partial charge in [0, 0.05) is 12.6 Å². The molecule has 96 valence electrons. The van der Waals surface area contributed by atoms with Gasteiger partial charge in [0.05, 0.1) is 6.54 Å². The van der Waals surface area contributed by atoms with Crippen molar-refractivity contribution in [2.24, 2.45) is 0 Å². The lowest BCUT2D eigenvalue weighted by Gasteiger charge is -2.06. The van der Waals surface area contributed by atoms with Crippen LogP contribution in [0.25, 0.3) is 0 Å². The summed E-state index contributed by atoms with van der Waals surface area (Å²) in [4.78, 5) is 0. The van der Waals surface area contributed by atoms with Crippen LogP contribution in [0.15, 0.2) is 28.7 Å². The van der Waals surface area contributed by atoms with Gasteiger partial charge < -0.3 is 14.5 Å². The van der Waals surface area contributed by atoms with Crippen molar-refractivity contribution in [2.75, 3.05) is 5.32 Å². The van der Waals surface area contributed by atoms with Gasteiger partial charge in [-0.15, -0.1) is 10.2 Å². The molecule has 0 amide bonds. The molecule has 0 aliphatic rings. The number of benzene rings is 1. The van der Waals surface area contributed by atoms with Gasteiger partial charge in [-0.1, -0.05) is 0 Å². The zero-order chi connectivity index (χ0) is 13.0. The number of ether oxygens (including phenoxy) is 1. The number of alkyl halides is 2. The summed E-state index contributed by atoms with van der Waals surface area (Å²) in [6.45, 7) is -0.742. The average Bonchev–Trinajstić information content (AvgIpc) is 2.74. The van der Waals surface area contributed by atoms with Crippen LogP contribution in [0.5, 0.6) is 5.75 Å². The summed E-state index contributed by atoms with van der Waals surface area (Å²) in [5.74, 6) is 1.07. The Morgan fingerprint density at radius 1 is 1.28 bits per heavy atom. The third-order valence-electron chi connectivity index (χ3n) is 2.09. The molecule has 0 fully saturated rings. The number of anilines is 1. The van der Waals surface area contributed by atoms with Crippen LogP contribution in [0.1, 0.15) is 11.8 Å². The SMILES string of the molecule is Cc1nnc(CNc2ccc(OC(F)F)cc2)o1. The minimum Gasteiger partial charge on any atom is -0.435 e. The van der Waals surface area contributed by atoms with Crippen molar-refractivity contribution in [3.8, 4) is 5.75 Å². The molecular formula is C11H11F2N3O2. The molecule has 0 bridgehead atoms. The molecule has 0 saturated carbocycles. The molecule has 7 heteroatoms. The minimum absolute atomic E-state index is 0.115. The lowest BCUT2D eigenvalue weighted by Crippen LogP contribution is -2.02. The van der Waals surface area contributed by atoms with Gasteiger partial charge in [-0.3, -0.25) is 0 Å². The van der Waals surface area contributed by atoms with Crippen LogP contribution in [-0.4, -0.2) is 16.8 Å². The van der Waals surface area contributed by atoms with Gasteiger partial charge in [0.2, 0.25) is 11.8 Å². The molecule has 0 aliphatic carbocycles. The number of hydrogen-bond acceptors (Lipinski definition) is 5. The minimum atomic E-state index is -2.81. The summed E-state index contributed by atoms with van der Waals surface area (Å²) in [7, 11) is 0. The topological polar surface area (TPSA) is 60.2 Å². The largest absolute Gasteiger partial charge is 0.435 e. The summed E-state index contributed by atoms with van der Waals surface area (Å²) in [6.07, 6.45) is 0. The fourth-order valence-corrected chi connectivity index (χ4v) is 1.34. The van der Waals surface area contributed by atoms with Crippen LogP contribution in [0.4, 0.5) is 14.5 Å². The Morgan fingerprint density at radius 2 is 2.00 bits per heavy atom. The van der Waals surface area contributed by atoms with E-state index in [9.17, 15) is 8.78 Å². The standard InChI is InChI=1S/C11H11F2N3O2/c1-7-15-16-10(17-7)6-14-8-2-4-9(5-3-8)18-11(12)13/h2-5,11,14H,6H2,1H3. The van der Waals surface area contributed by atoms with E-state index in [4.69, 9.17) is 4.42 Å². The first-order chi connectivity index (χ1) is 8.63. The summed E-state index contributed by atoms with van der Waals surface area (Å²) >= 11 is 0. The molecule has 1 aromatic heterocycles. The molecule has 0 spiro atoms. The van der Waals surface area contributed by atoms with Crippen molar-refractivity contribution in [1.29, 1.82) is 0 Å². The normalized spacial score (nSPS) is 10.7. The molecule has 1 N–H and O–H groups in total. The Labute approximate surface area is 102 Å². The molecule has 18 heavy (non-hydrogen) atoms. The van der Waals surface area contributed by atoms with E-state index in [0.717, 1.165) is 5.69 Å². The average molecular weight is 255 g/mol. The maximum Gasteiger partial charge on any atom is 0.387 e. The first-order valence-corrected chi connectivity index (χ1v) is 5.21. The van der Waals surface area contributed by atoms with E-state index in [1.54, 1.807) is 19.1 Å². The highest BCUT2D eigenvalue weighted by Crippen LogP contribution is 2.18. The Kier molecular flexibility index (Phi) is 3.71. The second kappa shape index (κ2) is 5.44. The van der Waals surface area contributed by atoms with Crippen molar-refractivity contribution in [2.45, 2.75) is 20.1 Å². The molecule has 1 aromatic carbocycles. The van der Waals surface area contributed by atoms with Crippen LogP contribution in [0.3, 0.4) is 0 Å². The monoisotopic (exact) mass is 255 g/mol. The Balaban J connectivity index is 1.90. The van der Waals surface area contributed by atoms with Gasteiger partial charge in [0.1, 0.15) is 5.75 Å². The molecule has 0 unspecified atom stereocenters. The molecule has 0 atom stereocenters. The predicted octanol–water partition coefficient (Wildman–Crippen LogP) is 2.59. The van der Waals surface area contributed by atoms with Crippen LogP contribution >= 0.6 is 0 Å². The first kappa shape index (κ1) is 12.3. The van der Waals surface area contributed by atoms with Gasteiger partial charge in [0.15, 0.2) is 0 Å². The van der Waals surface area contributed by atoms with Gasteiger partial charge in [0.25, 0.3) is 0 Å². The fraction of sp³-hybridized carbons (Fsp3) is 0.273. The first-order valence-electron chi connectivity index (χ1n) is 5.21. The van der Waals surface area contributed by atoms with Gasteiger partial charge in [-0.2, -0.15) is 8.78 Å². The Morgan fingerprint density at radius 3 is 2.56 bits per heavy atom. The highest BCUT2D eigenvalue weighted by atomic mass is 19.3. The van der Waals surface area contributed by atoms with Crippen LogP contribution in [0.2, 0.25) is 0 Å². The zero-order valence-corrected chi connectivity index (χ0v) is 9.56.